The van der Waals surface area contributed by atoms with E-state index in [1.54, 1.807) is 14.2 Å². The van der Waals surface area contributed by atoms with E-state index in [0.29, 0.717) is 6.42 Å². The molecule has 5 heteroatoms. The number of methoxy groups -OCH3 is 1. The summed E-state index contributed by atoms with van der Waals surface area (Å²) in [5.74, 6) is -0.126. The van der Waals surface area contributed by atoms with Crippen molar-refractivity contribution in [2.24, 2.45) is 0 Å². The molecular weight excluding hydrogens is 295 g/mol. The molecule has 2 rings (SSSR count). The molecule has 1 aliphatic rings. The molecule has 1 saturated heterocycles. The van der Waals surface area contributed by atoms with Crippen molar-refractivity contribution >= 4 is 5.91 Å². The summed E-state index contributed by atoms with van der Waals surface area (Å²) in [4.78, 5) is 14.0. The van der Waals surface area contributed by atoms with Crippen molar-refractivity contribution in [2.75, 3.05) is 27.2 Å². The van der Waals surface area contributed by atoms with Gasteiger partial charge in [0, 0.05) is 33.2 Å². The molecule has 128 valence electrons. The molecule has 4 nitrogen and oxygen atoms in total. The number of nitrogens with zero attached hydrogens (tertiary/aromatic N) is 1. The Balaban J connectivity index is 1.94. The fourth-order valence-corrected chi connectivity index (χ4v) is 3.34. The van der Waals surface area contributed by atoms with Gasteiger partial charge in [-0.3, -0.25) is 9.69 Å². The molecule has 1 fully saturated rings. The summed E-state index contributed by atoms with van der Waals surface area (Å²) in [5.41, 5.74) is 1.14. The van der Waals surface area contributed by atoms with Crippen LogP contribution in [0.4, 0.5) is 4.39 Å². The number of rotatable bonds is 7. The molecule has 0 saturated carbocycles. The first kappa shape index (κ1) is 17.9. The first-order valence-electron chi connectivity index (χ1n) is 8.36. The quantitative estimate of drug-likeness (QED) is 0.838. The van der Waals surface area contributed by atoms with E-state index in [1.165, 1.54) is 12.1 Å². The number of carbonyl (C=O) groups excluding carboxylic acids is 1. The van der Waals surface area contributed by atoms with E-state index in [1.807, 2.05) is 12.1 Å². The van der Waals surface area contributed by atoms with Gasteiger partial charge in [-0.1, -0.05) is 12.1 Å². The van der Waals surface area contributed by atoms with Crippen molar-refractivity contribution in [3.63, 3.8) is 0 Å². The zero-order valence-electron chi connectivity index (χ0n) is 14.1. The van der Waals surface area contributed by atoms with E-state index < -0.39 is 0 Å². The Morgan fingerprint density at radius 1 is 1.39 bits per heavy atom. The Hall–Kier alpha value is -1.46. The smallest absolute Gasteiger partial charge is 0.219 e. The van der Waals surface area contributed by atoms with E-state index in [2.05, 4.69) is 10.2 Å². The van der Waals surface area contributed by atoms with Gasteiger partial charge in [-0.25, -0.2) is 4.39 Å². The van der Waals surface area contributed by atoms with Crippen LogP contribution in [0.25, 0.3) is 0 Å². The normalized spacial score (nSPS) is 22.0. The van der Waals surface area contributed by atoms with Gasteiger partial charge in [0.1, 0.15) is 5.82 Å². The predicted octanol–water partition coefficient (Wildman–Crippen LogP) is 2.37. The van der Waals surface area contributed by atoms with Gasteiger partial charge in [-0.2, -0.15) is 0 Å². The third-order valence-corrected chi connectivity index (χ3v) is 4.68. The second-order valence-corrected chi connectivity index (χ2v) is 6.11. The summed E-state index contributed by atoms with van der Waals surface area (Å²) in [6.45, 7) is 1.93. The maximum absolute atomic E-state index is 13.0. The molecule has 0 unspecified atom stereocenters. The minimum atomic E-state index is -0.199. The van der Waals surface area contributed by atoms with Crippen LogP contribution in [0.15, 0.2) is 24.3 Å². The number of ether oxygens (including phenoxy) is 1. The van der Waals surface area contributed by atoms with Gasteiger partial charge in [0.25, 0.3) is 0 Å². The summed E-state index contributed by atoms with van der Waals surface area (Å²) in [7, 11) is 3.42. The molecule has 0 aliphatic carbocycles. The van der Waals surface area contributed by atoms with Gasteiger partial charge in [0.05, 0.1) is 6.10 Å². The molecule has 0 radical (unpaired) electrons. The SMILES string of the molecule is CNC(=O)CC[C@H]1[C@@H](OC)CCCN1CCc1ccc(F)cc1. The number of likely N-dealkylation sites (tertiary alicyclic amines) is 1. The van der Waals surface area contributed by atoms with Gasteiger partial charge in [-0.05, 0) is 49.9 Å². The van der Waals surface area contributed by atoms with Crippen molar-refractivity contribution in [1.29, 1.82) is 0 Å². The average Bonchev–Trinajstić information content (AvgIpc) is 2.59. The molecule has 1 aliphatic heterocycles. The lowest BCUT2D eigenvalue weighted by molar-refractivity contribution is -0.121. The molecule has 2 atom stereocenters. The topological polar surface area (TPSA) is 41.6 Å². The average molecular weight is 322 g/mol. The van der Waals surface area contributed by atoms with Crippen LogP contribution in [0, 0.1) is 5.82 Å². The zero-order chi connectivity index (χ0) is 16.7. The van der Waals surface area contributed by atoms with E-state index in [-0.39, 0.29) is 23.9 Å². The Labute approximate surface area is 138 Å². The molecule has 1 aromatic rings. The summed E-state index contributed by atoms with van der Waals surface area (Å²) in [5, 5.41) is 2.68. The molecule has 0 aromatic heterocycles. The standard InChI is InChI=1S/C18H27FN2O2/c1-20-18(22)10-9-16-17(23-2)4-3-12-21(16)13-11-14-5-7-15(19)8-6-14/h5-8,16-17H,3-4,9-13H2,1-2H3,(H,20,22)/t16-,17-/m0/s1. The van der Waals surface area contributed by atoms with Crippen LogP contribution < -0.4 is 5.32 Å². The maximum Gasteiger partial charge on any atom is 0.219 e. The highest BCUT2D eigenvalue weighted by atomic mass is 19.1. The number of amides is 1. The molecular formula is C18H27FN2O2. The van der Waals surface area contributed by atoms with Gasteiger partial charge >= 0.3 is 0 Å². The van der Waals surface area contributed by atoms with Crippen LogP contribution in [-0.4, -0.2) is 50.2 Å². The number of carbonyl (C=O) groups is 1. The molecule has 1 heterocycles. The van der Waals surface area contributed by atoms with Crippen molar-refractivity contribution in [1.82, 2.24) is 10.2 Å². The van der Waals surface area contributed by atoms with Gasteiger partial charge < -0.3 is 10.1 Å². The van der Waals surface area contributed by atoms with Gasteiger partial charge in [0.15, 0.2) is 0 Å². The van der Waals surface area contributed by atoms with Crippen LogP contribution in [-0.2, 0) is 16.0 Å². The van der Waals surface area contributed by atoms with Crippen LogP contribution in [0.5, 0.6) is 0 Å². The monoisotopic (exact) mass is 322 g/mol. The van der Waals surface area contributed by atoms with Crippen LogP contribution >= 0.6 is 0 Å². The Morgan fingerprint density at radius 2 is 2.13 bits per heavy atom. The summed E-state index contributed by atoms with van der Waals surface area (Å²) in [6, 6.07) is 6.96. The lowest BCUT2D eigenvalue weighted by atomic mass is 9.94. The maximum atomic E-state index is 13.0. The predicted molar refractivity (Wildman–Crippen MR) is 88.8 cm³/mol. The molecule has 1 N–H and O–H groups in total. The Kier molecular flexibility index (Phi) is 6.99. The fraction of sp³-hybridized carbons (Fsp3) is 0.611. The second kappa shape index (κ2) is 8.99. The van der Waals surface area contributed by atoms with Crippen LogP contribution in [0.3, 0.4) is 0 Å². The largest absolute Gasteiger partial charge is 0.380 e. The molecule has 0 spiro atoms. The summed E-state index contributed by atoms with van der Waals surface area (Å²) in [6.07, 6.45) is 4.55. The fourth-order valence-electron chi connectivity index (χ4n) is 3.34. The Bertz CT molecular complexity index is 492. The lowest BCUT2D eigenvalue weighted by Gasteiger charge is -2.40. The summed E-state index contributed by atoms with van der Waals surface area (Å²) < 4.78 is 18.6. The zero-order valence-corrected chi connectivity index (χ0v) is 14.1. The number of benzene rings is 1. The van der Waals surface area contributed by atoms with E-state index >= 15 is 0 Å². The number of hydrogen-bond donors (Lipinski definition) is 1. The number of nitrogens with one attached hydrogen (secondary N) is 1. The number of halogens is 1. The molecule has 1 aromatic carbocycles. The van der Waals surface area contributed by atoms with Crippen molar-refractivity contribution < 1.29 is 13.9 Å². The van der Waals surface area contributed by atoms with Crippen LogP contribution in [0.2, 0.25) is 0 Å². The molecule has 23 heavy (non-hydrogen) atoms. The van der Waals surface area contributed by atoms with Crippen molar-refractivity contribution in [3.05, 3.63) is 35.6 Å². The third kappa shape index (κ3) is 5.29. The minimum Gasteiger partial charge on any atom is -0.380 e. The highest BCUT2D eigenvalue weighted by molar-refractivity contribution is 5.75. The number of piperidine rings is 1. The van der Waals surface area contributed by atoms with E-state index in [9.17, 15) is 9.18 Å². The van der Waals surface area contributed by atoms with E-state index in [4.69, 9.17) is 4.74 Å². The van der Waals surface area contributed by atoms with Crippen molar-refractivity contribution in [2.45, 2.75) is 44.2 Å². The highest BCUT2D eigenvalue weighted by Crippen LogP contribution is 2.24. The van der Waals surface area contributed by atoms with Gasteiger partial charge in [-0.15, -0.1) is 0 Å². The first-order valence-corrected chi connectivity index (χ1v) is 8.36. The minimum absolute atomic E-state index is 0.0731. The van der Waals surface area contributed by atoms with Gasteiger partial charge in [0.2, 0.25) is 5.91 Å². The van der Waals surface area contributed by atoms with Crippen LogP contribution in [0.1, 0.15) is 31.2 Å². The summed E-state index contributed by atoms with van der Waals surface area (Å²) >= 11 is 0. The van der Waals surface area contributed by atoms with E-state index in [0.717, 1.165) is 44.3 Å². The molecule has 0 bridgehead atoms. The Morgan fingerprint density at radius 3 is 2.78 bits per heavy atom. The highest BCUT2D eigenvalue weighted by Gasteiger charge is 2.31. The molecule has 1 amide bonds. The third-order valence-electron chi connectivity index (χ3n) is 4.68. The first-order chi connectivity index (χ1) is 11.1. The van der Waals surface area contributed by atoms with Crippen molar-refractivity contribution in [3.8, 4) is 0 Å². The number of hydrogen-bond acceptors (Lipinski definition) is 3. The second-order valence-electron chi connectivity index (χ2n) is 6.11. The lowest BCUT2D eigenvalue weighted by Crippen LogP contribution is -2.50.